The normalized spacial score (nSPS) is 14.5. The Kier molecular flexibility index (Phi) is 6.86. The molecule has 0 bridgehead atoms. The van der Waals surface area contributed by atoms with E-state index in [0.29, 0.717) is 42.0 Å². The fourth-order valence-corrected chi connectivity index (χ4v) is 5.55. The fourth-order valence-electron chi connectivity index (χ4n) is 3.71. The van der Waals surface area contributed by atoms with Gasteiger partial charge in [0, 0.05) is 23.7 Å². The summed E-state index contributed by atoms with van der Waals surface area (Å²) < 4.78 is 40.0. The van der Waals surface area contributed by atoms with E-state index in [0.717, 1.165) is 27.8 Å². The van der Waals surface area contributed by atoms with Gasteiger partial charge in [0.1, 0.15) is 12.4 Å². The monoisotopic (exact) mass is 471 g/mol. The number of nitrogens with zero attached hydrogens (tertiary/aromatic N) is 1. The third-order valence-corrected chi connectivity index (χ3v) is 7.72. The number of ether oxygens (including phenoxy) is 2. The van der Waals surface area contributed by atoms with E-state index in [9.17, 15) is 8.42 Å². The minimum Gasteiger partial charge on any atom is -0.492 e. The zero-order chi connectivity index (χ0) is 22.7. The molecule has 4 rings (SSSR count). The zero-order valence-corrected chi connectivity index (χ0v) is 19.7. The van der Waals surface area contributed by atoms with Gasteiger partial charge < -0.3 is 9.47 Å². The number of aryl methyl sites for hydroxylation is 2. The second-order valence-corrected chi connectivity index (χ2v) is 10.4. The van der Waals surface area contributed by atoms with E-state index in [-0.39, 0.29) is 6.54 Å². The standard InChI is InChI=1S/C25H26ClNO4S/c1-18-3-4-19(2)25(13-18)32(28,29)27-11-12-31-24-10-7-21(14-22(24)15-27)17-30-16-20-5-8-23(26)9-6-20/h3-10,13-14H,11-12,15-17H2,1-2H3. The van der Waals surface area contributed by atoms with Crippen molar-refractivity contribution in [2.75, 3.05) is 13.2 Å². The first-order valence-corrected chi connectivity index (χ1v) is 12.3. The summed E-state index contributed by atoms with van der Waals surface area (Å²) >= 11 is 5.92. The predicted octanol–water partition coefficient (Wildman–Crippen LogP) is 5.26. The van der Waals surface area contributed by atoms with Gasteiger partial charge in [-0.3, -0.25) is 0 Å². The Morgan fingerprint density at radius 2 is 1.69 bits per heavy atom. The molecule has 0 aromatic heterocycles. The number of fused-ring (bicyclic) bond motifs is 1. The molecule has 7 heteroatoms. The van der Waals surface area contributed by atoms with Crippen LogP contribution in [0.15, 0.2) is 65.6 Å². The Bertz CT molecular complexity index is 1210. The Hall–Kier alpha value is -2.38. The van der Waals surface area contributed by atoms with Crippen LogP contribution in [0.3, 0.4) is 0 Å². The molecule has 1 aliphatic heterocycles. The molecular formula is C25H26ClNO4S. The predicted molar refractivity (Wildman–Crippen MR) is 125 cm³/mol. The van der Waals surface area contributed by atoms with E-state index < -0.39 is 10.0 Å². The van der Waals surface area contributed by atoms with Crippen LogP contribution in [0.25, 0.3) is 0 Å². The molecule has 0 radical (unpaired) electrons. The zero-order valence-electron chi connectivity index (χ0n) is 18.2. The molecule has 0 fully saturated rings. The van der Waals surface area contributed by atoms with E-state index in [2.05, 4.69) is 0 Å². The van der Waals surface area contributed by atoms with Crippen molar-refractivity contribution in [3.63, 3.8) is 0 Å². The molecule has 0 saturated carbocycles. The number of halogens is 1. The fraction of sp³-hybridized carbons (Fsp3) is 0.280. The van der Waals surface area contributed by atoms with Gasteiger partial charge in [0.15, 0.2) is 0 Å². The van der Waals surface area contributed by atoms with Crippen molar-refractivity contribution in [3.8, 4) is 5.75 Å². The van der Waals surface area contributed by atoms with Crippen molar-refractivity contribution in [1.82, 2.24) is 4.31 Å². The third-order valence-electron chi connectivity index (χ3n) is 5.48. The average molecular weight is 472 g/mol. The van der Waals surface area contributed by atoms with Gasteiger partial charge >= 0.3 is 0 Å². The summed E-state index contributed by atoms with van der Waals surface area (Å²) in [6.07, 6.45) is 0. The molecule has 1 heterocycles. The molecule has 32 heavy (non-hydrogen) atoms. The first-order chi connectivity index (χ1) is 15.3. The van der Waals surface area contributed by atoms with Gasteiger partial charge in [0.05, 0.1) is 18.1 Å². The van der Waals surface area contributed by atoms with Gasteiger partial charge in [-0.15, -0.1) is 0 Å². The minimum absolute atomic E-state index is 0.260. The number of sulfonamides is 1. The third kappa shape index (κ3) is 5.15. The molecule has 0 spiro atoms. The van der Waals surface area contributed by atoms with Crippen LogP contribution in [0.2, 0.25) is 5.02 Å². The van der Waals surface area contributed by atoms with Gasteiger partial charge in [-0.2, -0.15) is 4.31 Å². The molecule has 3 aromatic rings. The van der Waals surface area contributed by atoms with Crippen LogP contribution in [0, 0.1) is 13.8 Å². The number of hydrogen-bond donors (Lipinski definition) is 0. The van der Waals surface area contributed by atoms with Gasteiger partial charge in [-0.25, -0.2) is 8.42 Å². The molecule has 0 aliphatic carbocycles. The first-order valence-electron chi connectivity index (χ1n) is 10.5. The van der Waals surface area contributed by atoms with E-state index in [1.54, 1.807) is 6.07 Å². The summed E-state index contributed by atoms with van der Waals surface area (Å²) in [5.41, 5.74) is 4.50. The topological polar surface area (TPSA) is 55.8 Å². The lowest BCUT2D eigenvalue weighted by Crippen LogP contribution is -2.33. The highest BCUT2D eigenvalue weighted by atomic mass is 35.5. The molecule has 0 amide bonds. The van der Waals surface area contributed by atoms with Crippen LogP contribution in [0.1, 0.15) is 27.8 Å². The SMILES string of the molecule is Cc1ccc(C)c(S(=O)(=O)N2CCOc3ccc(COCc4ccc(Cl)cc4)cc3C2)c1. The van der Waals surface area contributed by atoms with Gasteiger partial charge in [-0.05, 0) is 66.4 Å². The molecule has 5 nitrogen and oxygen atoms in total. The van der Waals surface area contributed by atoms with Crippen LogP contribution in [-0.2, 0) is 34.5 Å². The summed E-state index contributed by atoms with van der Waals surface area (Å²) in [5.74, 6) is 0.713. The molecule has 1 aliphatic rings. The molecule has 0 saturated heterocycles. The summed E-state index contributed by atoms with van der Waals surface area (Å²) in [6, 6.07) is 18.9. The average Bonchev–Trinajstić information content (AvgIpc) is 2.99. The lowest BCUT2D eigenvalue weighted by molar-refractivity contribution is 0.107. The highest BCUT2D eigenvalue weighted by Crippen LogP contribution is 2.29. The van der Waals surface area contributed by atoms with E-state index in [1.807, 2.05) is 68.4 Å². The molecule has 0 atom stereocenters. The quantitative estimate of drug-likeness (QED) is 0.492. The smallest absolute Gasteiger partial charge is 0.243 e. The highest BCUT2D eigenvalue weighted by Gasteiger charge is 2.29. The Morgan fingerprint density at radius 1 is 0.969 bits per heavy atom. The maximum absolute atomic E-state index is 13.4. The van der Waals surface area contributed by atoms with E-state index >= 15 is 0 Å². The number of benzene rings is 3. The van der Waals surface area contributed by atoms with Crippen LogP contribution >= 0.6 is 11.6 Å². The summed E-state index contributed by atoms with van der Waals surface area (Å²) in [4.78, 5) is 0.350. The van der Waals surface area contributed by atoms with Crippen LogP contribution in [0.4, 0.5) is 0 Å². The number of rotatable bonds is 6. The minimum atomic E-state index is -3.64. The number of hydrogen-bond acceptors (Lipinski definition) is 4. The van der Waals surface area contributed by atoms with Crippen LogP contribution in [0.5, 0.6) is 5.75 Å². The van der Waals surface area contributed by atoms with Crippen LogP contribution in [-0.4, -0.2) is 25.9 Å². The first kappa shape index (κ1) is 22.8. The van der Waals surface area contributed by atoms with Crippen molar-refractivity contribution in [2.24, 2.45) is 0 Å². The van der Waals surface area contributed by atoms with E-state index in [1.165, 1.54) is 4.31 Å². The van der Waals surface area contributed by atoms with Crippen molar-refractivity contribution in [2.45, 2.75) is 38.5 Å². The molecular weight excluding hydrogens is 446 g/mol. The molecule has 0 N–H and O–H groups in total. The molecule has 3 aromatic carbocycles. The van der Waals surface area contributed by atoms with Crippen LogP contribution < -0.4 is 4.74 Å². The highest BCUT2D eigenvalue weighted by molar-refractivity contribution is 7.89. The second-order valence-electron chi connectivity index (χ2n) is 8.02. The molecule has 0 unspecified atom stereocenters. The summed E-state index contributed by atoms with van der Waals surface area (Å²) in [5, 5.41) is 0.694. The van der Waals surface area contributed by atoms with Gasteiger partial charge in [0.2, 0.25) is 10.0 Å². The van der Waals surface area contributed by atoms with Crippen molar-refractivity contribution >= 4 is 21.6 Å². The van der Waals surface area contributed by atoms with Gasteiger partial charge in [0.25, 0.3) is 0 Å². The van der Waals surface area contributed by atoms with Crippen molar-refractivity contribution in [1.29, 1.82) is 0 Å². The van der Waals surface area contributed by atoms with Gasteiger partial charge in [-0.1, -0.05) is 41.9 Å². The Labute approximate surface area is 194 Å². The van der Waals surface area contributed by atoms with Crippen molar-refractivity contribution < 1.29 is 17.9 Å². The summed E-state index contributed by atoms with van der Waals surface area (Å²) in [7, 11) is -3.64. The lowest BCUT2D eigenvalue weighted by atomic mass is 10.1. The van der Waals surface area contributed by atoms with E-state index in [4.69, 9.17) is 21.1 Å². The Morgan fingerprint density at radius 3 is 2.47 bits per heavy atom. The van der Waals surface area contributed by atoms with Crippen molar-refractivity contribution in [3.05, 3.63) is 93.5 Å². The maximum Gasteiger partial charge on any atom is 0.243 e. The molecule has 168 valence electrons. The largest absolute Gasteiger partial charge is 0.492 e. The maximum atomic E-state index is 13.4. The summed E-state index contributed by atoms with van der Waals surface area (Å²) in [6.45, 7) is 5.48. The lowest BCUT2D eigenvalue weighted by Gasteiger charge is -2.21. The Balaban J connectivity index is 1.50. The second kappa shape index (κ2) is 9.63.